The van der Waals surface area contributed by atoms with Gasteiger partial charge in [0.2, 0.25) is 0 Å². The third-order valence-corrected chi connectivity index (χ3v) is 10.3. The van der Waals surface area contributed by atoms with E-state index in [2.05, 4.69) is 13.8 Å². The third-order valence-electron chi connectivity index (χ3n) is 10.3. The van der Waals surface area contributed by atoms with Crippen molar-refractivity contribution in [2.24, 2.45) is 34.5 Å². The first-order chi connectivity index (χ1) is 19.4. The molecule has 41 heavy (non-hydrogen) atoms. The molecule has 0 aromatic heterocycles. The summed E-state index contributed by atoms with van der Waals surface area (Å²) >= 11 is 0. The average molecular weight is 557 g/mol. The third kappa shape index (κ3) is 3.89. The summed E-state index contributed by atoms with van der Waals surface area (Å²) in [5.41, 5.74) is -2.45. The lowest BCUT2D eigenvalue weighted by Gasteiger charge is -2.49. The monoisotopic (exact) mass is 556 g/mol. The number of benzene rings is 2. The molecule has 2 aromatic carbocycles. The molecule has 2 N–H and O–H groups in total. The van der Waals surface area contributed by atoms with Gasteiger partial charge in [-0.25, -0.2) is 9.59 Å². The molecule has 0 saturated heterocycles. The molecule has 4 aliphatic carbocycles. The normalized spacial score (nSPS) is 36.5. The first-order valence-electron chi connectivity index (χ1n) is 14.3. The molecule has 1 spiro atoms. The number of ether oxygens (including phenoxy) is 2. The Bertz CT molecular complexity index is 1460. The number of hydrogen-bond acceptors (Lipinski definition) is 7. The van der Waals surface area contributed by atoms with Gasteiger partial charge in [0.25, 0.3) is 0 Å². The van der Waals surface area contributed by atoms with Gasteiger partial charge in [-0.15, -0.1) is 0 Å². The van der Waals surface area contributed by atoms with Crippen molar-refractivity contribution in [1.29, 1.82) is 0 Å². The van der Waals surface area contributed by atoms with Gasteiger partial charge < -0.3 is 19.7 Å². The number of carbonyl (C=O) groups excluding carboxylic acids is 3. The molecule has 0 radical (unpaired) electrons. The Balaban J connectivity index is 1.49. The number of allylic oxidation sites excluding steroid dienone is 1. The number of ketones is 1. The van der Waals surface area contributed by atoms with Crippen LogP contribution in [0.4, 0.5) is 0 Å². The largest absolute Gasteiger partial charge is 0.457 e. The van der Waals surface area contributed by atoms with Crippen LogP contribution in [-0.4, -0.2) is 52.4 Å². The molecular formula is C34H36O7. The summed E-state index contributed by atoms with van der Waals surface area (Å²) in [6.07, 6.45) is 1.23. The summed E-state index contributed by atoms with van der Waals surface area (Å²) in [6, 6.07) is 16.9. The number of aliphatic hydroxyl groups is 2. The predicted molar refractivity (Wildman–Crippen MR) is 151 cm³/mol. The average Bonchev–Trinajstić information content (AvgIpc) is 3.48. The van der Waals surface area contributed by atoms with E-state index >= 15 is 0 Å². The number of hydrogen-bond donors (Lipinski definition) is 2. The SMILES string of the molecule is CC1=C[C@]23C(=O)[C@@H](C=C(COC(=O)c4ccccc4)[C@@H](OC(=O)c4ccccc4)[C@]2(O)[C@H]1O)[C@H]1[C@@H](C[C@H]3C)C1(C)C. The summed E-state index contributed by atoms with van der Waals surface area (Å²) in [5.74, 6) is -2.18. The highest BCUT2D eigenvalue weighted by Gasteiger charge is 2.76. The van der Waals surface area contributed by atoms with Crippen LogP contribution in [0.15, 0.2) is 84.0 Å². The number of esters is 2. The number of Topliss-reactive ketones (excluding diaryl/α,β-unsaturated/α-hetero) is 1. The maximum absolute atomic E-state index is 14.7. The van der Waals surface area contributed by atoms with Crippen LogP contribution in [0.25, 0.3) is 0 Å². The highest BCUT2D eigenvalue weighted by Crippen LogP contribution is 2.71. The Kier molecular flexibility index (Phi) is 6.40. The molecule has 2 aromatic rings. The smallest absolute Gasteiger partial charge is 0.338 e. The molecule has 7 nitrogen and oxygen atoms in total. The zero-order chi connectivity index (χ0) is 29.3. The van der Waals surface area contributed by atoms with E-state index in [0.29, 0.717) is 23.1 Å². The van der Waals surface area contributed by atoms with Gasteiger partial charge in [-0.1, -0.05) is 69.3 Å². The van der Waals surface area contributed by atoms with E-state index in [1.54, 1.807) is 79.7 Å². The Morgan fingerprint density at radius 2 is 1.56 bits per heavy atom. The second-order valence-electron chi connectivity index (χ2n) is 12.8. The molecular weight excluding hydrogens is 520 g/mol. The summed E-state index contributed by atoms with van der Waals surface area (Å²) in [6.45, 7) is 7.61. The van der Waals surface area contributed by atoms with Crippen LogP contribution in [0.3, 0.4) is 0 Å². The van der Waals surface area contributed by atoms with Gasteiger partial charge in [-0.2, -0.15) is 0 Å². The van der Waals surface area contributed by atoms with E-state index in [0.717, 1.165) is 0 Å². The fraction of sp³-hybridized carbons (Fsp3) is 0.441. The highest BCUT2D eigenvalue weighted by molar-refractivity contribution is 5.96. The van der Waals surface area contributed by atoms with Crippen LogP contribution < -0.4 is 0 Å². The second-order valence-corrected chi connectivity index (χ2v) is 12.8. The number of rotatable bonds is 5. The summed E-state index contributed by atoms with van der Waals surface area (Å²) in [4.78, 5) is 41.1. The molecule has 214 valence electrons. The maximum Gasteiger partial charge on any atom is 0.338 e. The second kappa shape index (κ2) is 9.50. The summed E-state index contributed by atoms with van der Waals surface area (Å²) in [7, 11) is 0. The van der Waals surface area contributed by atoms with Crippen LogP contribution in [-0.2, 0) is 14.3 Å². The predicted octanol–water partition coefficient (Wildman–Crippen LogP) is 4.54. The van der Waals surface area contributed by atoms with E-state index in [1.807, 2.05) is 6.92 Å². The Morgan fingerprint density at radius 3 is 2.17 bits per heavy atom. The molecule has 8 atom stereocenters. The van der Waals surface area contributed by atoms with E-state index in [-0.39, 0.29) is 41.1 Å². The minimum Gasteiger partial charge on any atom is -0.457 e. The zero-order valence-corrected chi connectivity index (χ0v) is 23.7. The van der Waals surface area contributed by atoms with Crippen LogP contribution in [0.5, 0.6) is 0 Å². The molecule has 0 unspecified atom stereocenters. The molecule has 2 saturated carbocycles. The Labute approximate surface area is 239 Å². The molecule has 4 aliphatic rings. The van der Waals surface area contributed by atoms with E-state index in [1.165, 1.54) is 0 Å². The molecule has 2 bridgehead atoms. The van der Waals surface area contributed by atoms with Gasteiger partial charge in [0.05, 0.1) is 16.5 Å². The minimum absolute atomic E-state index is 0.0101. The molecule has 6 rings (SSSR count). The minimum atomic E-state index is -2.20. The standard InChI is InChI=1S/C34H36O7/c1-19-17-33-20(2)15-25-26(32(25,3)4)24(28(33)36)16-23(18-40-30(37)21-11-7-5-8-12-21)29(34(33,39)27(19)35)41-31(38)22-13-9-6-10-14-22/h5-14,16-17,20,24-27,29,35,39H,15,18H2,1-4H3/t20-,24+,25-,26+,27+,29-,33+,34-/m1/s1. The van der Waals surface area contributed by atoms with E-state index in [9.17, 15) is 24.6 Å². The number of carbonyl (C=O) groups is 3. The lowest BCUT2D eigenvalue weighted by atomic mass is 9.59. The van der Waals surface area contributed by atoms with Crippen molar-refractivity contribution in [1.82, 2.24) is 0 Å². The first kappa shape index (κ1) is 27.6. The van der Waals surface area contributed by atoms with E-state index in [4.69, 9.17) is 9.47 Å². The summed E-state index contributed by atoms with van der Waals surface area (Å²) in [5, 5.41) is 24.4. The highest BCUT2D eigenvalue weighted by atomic mass is 16.6. The fourth-order valence-electron chi connectivity index (χ4n) is 8.12. The molecule has 0 aliphatic heterocycles. The van der Waals surface area contributed by atoms with Gasteiger partial charge in [-0.3, -0.25) is 4.79 Å². The lowest BCUT2D eigenvalue weighted by Crippen LogP contribution is -2.66. The number of fused-ring (bicyclic) bond motifs is 3. The lowest BCUT2D eigenvalue weighted by molar-refractivity contribution is -0.190. The topological polar surface area (TPSA) is 110 Å². The Hall–Kier alpha value is -3.55. The van der Waals surface area contributed by atoms with Crippen molar-refractivity contribution in [3.8, 4) is 0 Å². The first-order valence-corrected chi connectivity index (χ1v) is 14.3. The Morgan fingerprint density at radius 1 is 0.976 bits per heavy atom. The van der Waals surface area contributed by atoms with Crippen molar-refractivity contribution in [2.75, 3.05) is 6.61 Å². The van der Waals surface area contributed by atoms with Gasteiger partial charge in [0.15, 0.2) is 17.5 Å². The number of aliphatic hydroxyl groups excluding tert-OH is 1. The van der Waals surface area contributed by atoms with Crippen LogP contribution in [0, 0.1) is 34.5 Å². The van der Waals surface area contributed by atoms with Crippen molar-refractivity contribution in [3.63, 3.8) is 0 Å². The van der Waals surface area contributed by atoms with Crippen LogP contribution in [0.2, 0.25) is 0 Å². The molecule has 0 amide bonds. The fourth-order valence-corrected chi connectivity index (χ4v) is 8.12. The van der Waals surface area contributed by atoms with Crippen molar-refractivity contribution < 1.29 is 34.1 Å². The van der Waals surface area contributed by atoms with Crippen molar-refractivity contribution >= 4 is 17.7 Å². The van der Waals surface area contributed by atoms with Crippen molar-refractivity contribution in [3.05, 3.63) is 95.1 Å². The van der Waals surface area contributed by atoms with Gasteiger partial charge in [-0.05, 0) is 66.4 Å². The van der Waals surface area contributed by atoms with Gasteiger partial charge >= 0.3 is 11.9 Å². The van der Waals surface area contributed by atoms with Crippen LogP contribution >= 0.6 is 0 Å². The zero-order valence-electron chi connectivity index (χ0n) is 23.7. The van der Waals surface area contributed by atoms with Gasteiger partial charge in [0, 0.05) is 11.5 Å². The van der Waals surface area contributed by atoms with Crippen molar-refractivity contribution in [2.45, 2.75) is 51.9 Å². The molecule has 0 heterocycles. The van der Waals surface area contributed by atoms with E-state index < -0.39 is 41.1 Å². The van der Waals surface area contributed by atoms with Crippen LogP contribution in [0.1, 0.15) is 54.8 Å². The molecule has 2 fully saturated rings. The maximum atomic E-state index is 14.7. The summed E-state index contributed by atoms with van der Waals surface area (Å²) < 4.78 is 11.8. The molecule has 7 heteroatoms. The van der Waals surface area contributed by atoms with Gasteiger partial charge in [0.1, 0.15) is 12.7 Å². The quantitative estimate of drug-likeness (QED) is 0.411.